The zero-order valence-electron chi connectivity index (χ0n) is 19.4. The van der Waals surface area contributed by atoms with Gasteiger partial charge >= 0.3 is 0 Å². The number of non-ortho nitro benzene ring substituents is 1. The second kappa shape index (κ2) is 9.96. The Labute approximate surface area is 202 Å². The summed E-state index contributed by atoms with van der Waals surface area (Å²) in [4.78, 5) is 27.4. The van der Waals surface area contributed by atoms with E-state index in [0.29, 0.717) is 38.5 Å². The number of sulfonamides is 1. The van der Waals surface area contributed by atoms with Crippen LogP contribution < -0.4 is 18.5 Å². The minimum absolute atomic E-state index is 0.0565. The van der Waals surface area contributed by atoms with E-state index in [0.717, 1.165) is 27.9 Å². The highest BCUT2D eigenvalue weighted by atomic mass is 32.2. The molecule has 0 N–H and O–H groups in total. The molecule has 0 aromatic heterocycles. The molecule has 1 fully saturated rings. The van der Waals surface area contributed by atoms with Crippen molar-refractivity contribution in [3.8, 4) is 17.2 Å². The van der Waals surface area contributed by atoms with E-state index in [1.165, 1.54) is 19.2 Å². The third-order valence-corrected chi connectivity index (χ3v) is 7.02. The molecule has 2 aromatic rings. The fraction of sp³-hybridized carbons (Fsp3) is 0.409. The molecule has 188 valence electrons. The molecular formula is C22H26N4O8S. The molecule has 2 aliphatic rings. The molecule has 0 atom stereocenters. The van der Waals surface area contributed by atoms with E-state index in [-0.39, 0.29) is 23.9 Å². The van der Waals surface area contributed by atoms with E-state index in [1.54, 1.807) is 4.90 Å². The van der Waals surface area contributed by atoms with Crippen LogP contribution in [-0.4, -0.2) is 81.9 Å². The van der Waals surface area contributed by atoms with Crippen molar-refractivity contribution >= 4 is 27.3 Å². The van der Waals surface area contributed by atoms with Crippen LogP contribution in [0, 0.1) is 10.1 Å². The Morgan fingerprint density at radius 1 is 1.11 bits per heavy atom. The summed E-state index contributed by atoms with van der Waals surface area (Å²) in [5.74, 6) is 1.16. The average Bonchev–Trinajstić information content (AvgIpc) is 3.29. The molecule has 0 radical (unpaired) electrons. The predicted octanol–water partition coefficient (Wildman–Crippen LogP) is 1.44. The second-order valence-electron chi connectivity index (χ2n) is 8.23. The topological polar surface area (TPSA) is 132 Å². The largest absolute Gasteiger partial charge is 0.495 e. The number of nitro benzene ring substituents is 1. The van der Waals surface area contributed by atoms with Crippen LogP contribution in [0.1, 0.15) is 5.56 Å². The third kappa shape index (κ3) is 5.57. The van der Waals surface area contributed by atoms with Crippen LogP contribution in [0.5, 0.6) is 17.2 Å². The van der Waals surface area contributed by atoms with Gasteiger partial charge in [-0.1, -0.05) is 6.07 Å². The lowest BCUT2D eigenvalue weighted by Crippen LogP contribution is -2.51. The fourth-order valence-electron chi connectivity index (χ4n) is 4.04. The molecule has 13 heteroatoms. The molecule has 1 amide bonds. The Morgan fingerprint density at radius 3 is 2.49 bits per heavy atom. The lowest BCUT2D eigenvalue weighted by molar-refractivity contribution is -0.384. The van der Waals surface area contributed by atoms with Crippen LogP contribution in [0.15, 0.2) is 36.4 Å². The molecule has 4 rings (SSSR count). The Balaban J connectivity index is 1.42. The average molecular weight is 507 g/mol. The summed E-state index contributed by atoms with van der Waals surface area (Å²) in [7, 11) is -2.61. The molecule has 1 saturated heterocycles. The van der Waals surface area contributed by atoms with E-state index in [9.17, 15) is 23.3 Å². The lowest BCUT2D eigenvalue weighted by atomic mass is 10.1. The van der Waals surface area contributed by atoms with E-state index < -0.39 is 27.4 Å². The highest BCUT2D eigenvalue weighted by Gasteiger charge is 2.29. The van der Waals surface area contributed by atoms with Gasteiger partial charge in [0, 0.05) is 44.9 Å². The van der Waals surface area contributed by atoms with E-state index in [4.69, 9.17) is 14.2 Å². The van der Waals surface area contributed by atoms with Gasteiger partial charge in [0.1, 0.15) is 18.0 Å². The lowest BCUT2D eigenvalue weighted by Gasteiger charge is -2.36. The van der Waals surface area contributed by atoms with E-state index >= 15 is 0 Å². The Hall–Kier alpha value is -3.58. The SMILES string of the molecule is COc1ccc([N+](=O)[O-])cc1N(CC(=O)N1CCN(Cc2ccc3c(c2)OCO3)CC1)S(C)(=O)=O. The van der Waals surface area contributed by atoms with Crippen molar-refractivity contribution in [2.75, 3.05) is 57.2 Å². The highest BCUT2D eigenvalue weighted by Crippen LogP contribution is 2.34. The summed E-state index contributed by atoms with van der Waals surface area (Å²) in [5.41, 5.74) is 0.702. The Morgan fingerprint density at radius 2 is 1.83 bits per heavy atom. The van der Waals surface area contributed by atoms with Gasteiger partial charge in [-0.15, -0.1) is 0 Å². The first-order valence-electron chi connectivity index (χ1n) is 10.8. The summed E-state index contributed by atoms with van der Waals surface area (Å²) >= 11 is 0. The van der Waals surface area contributed by atoms with Crippen molar-refractivity contribution in [1.82, 2.24) is 9.80 Å². The number of methoxy groups -OCH3 is 1. The fourth-order valence-corrected chi connectivity index (χ4v) is 4.89. The normalized spacial score (nSPS) is 15.7. The standard InChI is InChI=1S/C22H26N4O8S/c1-32-19-6-4-17(26(28)29)12-18(19)25(35(2,30)31)14-22(27)24-9-7-23(8-10-24)13-16-3-5-20-21(11-16)34-15-33-20/h3-6,11-12H,7-10,13-15H2,1-2H3. The summed E-state index contributed by atoms with van der Waals surface area (Å²) in [6, 6.07) is 9.41. The number of ether oxygens (including phenoxy) is 3. The van der Waals surface area contributed by atoms with Crippen molar-refractivity contribution in [3.05, 3.63) is 52.1 Å². The van der Waals surface area contributed by atoms with E-state index in [2.05, 4.69) is 4.90 Å². The van der Waals surface area contributed by atoms with Gasteiger partial charge in [-0.25, -0.2) is 8.42 Å². The quantitative estimate of drug-likeness (QED) is 0.385. The van der Waals surface area contributed by atoms with Crippen LogP contribution in [0.4, 0.5) is 11.4 Å². The first kappa shape index (κ1) is 24.5. The Kier molecular flexibility index (Phi) is 6.98. The van der Waals surface area contributed by atoms with Crippen molar-refractivity contribution in [1.29, 1.82) is 0 Å². The molecule has 0 bridgehead atoms. The van der Waals surface area contributed by atoms with Crippen molar-refractivity contribution in [3.63, 3.8) is 0 Å². The van der Waals surface area contributed by atoms with Gasteiger partial charge in [0.25, 0.3) is 5.69 Å². The maximum Gasteiger partial charge on any atom is 0.271 e. The highest BCUT2D eigenvalue weighted by molar-refractivity contribution is 7.92. The Bertz CT molecular complexity index is 1230. The summed E-state index contributed by atoms with van der Waals surface area (Å²) in [5, 5.41) is 11.2. The number of hydrogen-bond donors (Lipinski definition) is 0. The minimum atomic E-state index is -3.93. The number of nitrogens with zero attached hydrogens (tertiary/aromatic N) is 4. The summed E-state index contributed by atoms with van der Waals surface area (Å²) < 4.78 is 41.9. The number of benzene rings is 2. The number of carbonyl (C=O) groups excluding carboxylic acids is 1. The van der Waals surface area contributed by atoms with Crippen LogP contribution in [0.3, 0.4) is 0 Å². The van der Waals surface area contributed by atoms with Gasteiger partial charge in [-0.05, 0) is 23.8 Å². The minimum Gasteiger partial charge on any atom is -0.495 e. The molecule has 2 aliphatic heterocycles. The van der Waals surface area contributed by atoms with Crippen molar-refractivity contribution < 1.29 is 32.3 Å². The maximum atomic E-state index is 13.0. The van der Waals surface area contributed by atoms with Crippen LogP contribution in [-0.2, 0) is 21.4 Å². The van der Waals surface area contributed by atoms with Gasteiger partial charge < -0.3 is 19.1 Å². The number of piperazine rings is 1. The number of nitro groups is 1. The molecule has 2 heterocycles. The van der Waals surface area contributed by atoms with Gasteiger partial charge in [-0.2, -0.15) is 0 Å². The molecular weight excluding hydrogens is 480 g/mol. The van der Waals surface area contributed by atoms with Crippen molar-refractivity contribution in [2.45, 2.75) is 6.54 Å². The van der Waals surface area contributed by atoms with Gasteiger partial charge in [0.2, 0.25) is 22.7 Å². The summed E-state index contributed by atoms with van der Waals surface area (Å²) in [6.45, 7) is 2.47. The van der Waals surface area contributed by atoms with Gasteiger partial charge in [0.05, 0.1) is 18.3 Å². The zero-order valence-corrected chi connectivity index (χ0v) is 20.2. The molecule has 35 heavy (non-hydrogen) atoms. The van der Waals surface area contributed by atoms with Crippen LogP contribution in [0.2, 0.25) is 0 Å². The summed E-state index contributed by atoms with van der Waals surface area (Å²) in [6.07, 6.45) is 0.946. The molecule has 12 nitrogen and oxygen atoms in total. The first-order valence-corrected chi connectivity index (χ1v) is 12.7. The molecule has 0 aliphatic carbocycles. The molecule has 0 spiro atoms. The van der Waals surface area contributed by atoms with E-state index in [1.807, 2.05) is 18.2 Å². The molecule has 2 aromatic carbocycles. The first-order chi connectivity index (χ1) is 16.7. The molecule has 0 unspecified atom stereocenters. The number of carbonyl (C=O) groups is 1. The van der Waals surface area contributed by atoms with Crippen LogP contribution >= 0.6 is 0 Å². The zero-order chi connectivity index (χ0) is 25.2. The number of anilines is 1. The third-order valence-electron chi connectivity index (χ3n) is 5.89. The molecule has 0 saturated carbocycles. The monoisotopic (exact) mass is 506 g/mol. The van der Waals surface area contributed by atoms with Crippen LogP contribution in [0.25, 0.3) is 0 Å². The second-order valence-corrected chi connectivity index (χ2v) is 10.1. The van der Waals surface area contributed by atoms with Crippen molar-refractivity contribution in [2.24, 2.45) is 0 Å². The number of hydrogen-bond acceptors (Lipinski definition) is 9. The smallest absolute Gasteiger partial charge is 0.271 e. The number of rotatable bonds is 8. The van der Waals surface area contributed by atoms with Gasteiger partial charge in [-0.3, -0.25) is 24.1 Å². The number of amides is 1. The predicted molar refractivity (Wildman–Crippen MR) is 126 cm³/mol. The maximum absolute atomic E-state index is 13.0. The number of fused-ring (bicyclic) bond motifs is 1. The van der Waals surface area contributed by atoms with Gasteiger partial charge in [0.15, 0.2) is 11.5 Å².